The molecule has 0 atom stereocenters. The first-order valence-electron chi connectivity index (χ1n) is 11.0. The third kappa shape index (κ3) is 4.81. The number of hydrogen-bond acceptors (Lipinski definition) is 4. The van der Waals surface area contributed by atoms with E-state index in [-0.39, 0.29) is 48.6 Å². The highest BCUT2D eigenvalue weighted by molar-refractivity contribution is 7.92. The predicted octanol–water partition coefficient (Wildman–Crippen LogP) is 5.75. The van der Waals surface area contributed by atoms with Crippen LogP contribution in [0.25, 0.3) is 0 Å². The highest BCUT2D eigenvalue weighted by Crippen LogP contribution is 2.45. The van der Waals surface area contributed by atoms with E-state index in [4.69, 9.17) is 16.3 Å². The van der Waals surface area contributed by atoms with E-state index in [1.807, 2.05) is 13.8 Å². The third-order valence-electron chi connectivity index (χ3n) is 6.05. The van der Waals surface area contributed by atoms with Crippen molar-refractivity contribution < 1.29 is 22.3 Å². The van der Waals surface area contributed by atoms with Crippen molar-refractivity contribution in [1.82, 2.24) is 0 Å². The molecule has 0 saturated carbocycles. The fourth-order valence-electron chi connectivity index (χ4n) is 4.22. The zero-order chi connectivity index (χ0) is 24.6. The number of carbonyl (C=O) groups is 1. The molecule has 1 fully saturated rings. The molecule has 1 amide bonds. The number of sulfone groups is 1. The van der Waals surface area contributed by atoms with Crippen LogP contribution in [0.2, 0.25) is 5.02 Å². The van der Waals surface area contributed by atoms with Gasteiger partial charge in [-0.2, -0.15) is 0 Å². The van der Waals surface area contributed by atoms with E-state index in [0.717, 1.165) is 0 Å². The molecule has 180 valence electrons. The lowest BCUT2D eigenvalue weighted by atomic mass is 9.89. The van der Waals surface area contributed by atoms with Crippen LogP contribution < -0.4 is 4.90 Å². The SMILES string of the molecule is CC(C)N(C(=O)C(C)(C)C)c1ccc(C2(S(=O)(=O)c3ccc(Cl)cc3)CCOCC2)cc1F. The minimum Gasteiger partial charge on any atom is -0.381 e. The molecule has 0 unspecified atom stereocenters. The van der Waals surface area contributed by atoms with Gasteiger partial charge in [-0.3, -0.25) is 4.79 Å². The molecule has 1 aliphatic rings. The van der Waals surface area contributed by atoms with Crippen molar-refractivity contribution in [2.24, 2.45) is 5.41 Å². The number of nitrogens with zero attached hydrogens (tertiary/aromatic N) is 1. The number of amides is 1. The van der Waals surface area contributed by atoms with Gasteiger partial charge in [-0.25, -0.2) is 12.8 Å². The minimum atomic E-state index is -3.89. The Morgan fingerprint density at radius 1 is 1.09 bits per heavy atom. The molecule has 0 spiro atoms. The predicted molar refractivity (Wildman–Crippen MR) is 129 cm³/mol. The molecule has 1 heterocycles. The quantitative estimate of drug-likeness (QED) is 0.530. The van der Waals surface area contributed by atoms with E-state index >= 15 is 4.39 Å². The van der Waals surface area contributed by atoms with Gasteiger partial charge in [0, 0.05) is 29.7 Å². The minimum absolute atomic E-state index is 0.130. The number of carbonyl (C=O) groups excluding carboxylic acids is 1. The Kier molecular flexibility index (Phi) is 7.27. The number of halogens is 2. The van der Waals surface area contributed by atoms with Crippen molar-refractivity contribution in [1.29, 1.82) is 0 Å². The van der Waals surface area contributed by atoms with Gasteiger partial charge >= 0.3 is 0 Å². The van der Waals surface area contributed by atoms with Crippen molar-refractivity contribution in [3.8, 4) is 0 Å². The topological polar surface area (TPSA) is 63.7 Å². The molecule has 33 heavy (non-hydrogen) atoms. The van der Waals surface area contributed by atoms with Gasteiger partial charge in [0.25, 0.3) is 0 Å². The van der Waals surface area contributed by atoms with Gasteiger partial charge in [-0.05, 0) is 68.7 Å². The number of ether oxygens (including phenoxy) is 1. The molecule has 0 aliphatic carbocycles. The number of hydrogen-bond donors (Lipinski definition) is 0. The molecule has 8 heteroatoms. The van der Waals surface area contributed by atoms with Crippen LogP contribution in [0.15, 0.2) is 47.4 Å². The lowest BCUT2D eigenvalue weighted by molar-refractivity contribution is -0.126. The van der Waals surface area contributed by atoms with Crippen LogP contribution in [0.4, 0.5) is 10.1 Å². The Hall–Kier alpha value is -1.96. The van der Waals surface area contributed by atoms with Crippen LogP contribution in [0.1, 0.15) is 53.0 Å². The molecule has 1 saturated heterocycles. The molecule has 1 aliphatic heterocycles. The molecule has 5 nitrogen and oxygen atoms in total. The summed E-state index contributed by atoms with van der Waals surface area (Å²) < 4.78 is 47.3. The van der Waals surface area contributed by atoms with Crippen LogP contribution in [0.3, 0.4) is 0 Å². The largest absolute Gasteiger partial charge is 0.381 e. The van der Waals surface area contributed by atoms with Gasteiger partial charge in [0.1, 0.15) is 10.6 Å². The van der Waals surface area contributed by atoms with Crippen LogP contribution >= 0.6 is 11.6 Å². The molecule has 0 bridgehead atoms. The van der Waals surface area contributed by atoms with Gasteiger partial charge in [0.2, 0.25) is 5.91 Å². The lowest BCUT2D eigenvalue weighted by Crippen LogP contribution is -2.44. The van der Waals surface area contributed by atoms with E-state index in [1.165, 1.54) is 41.3 Å². The molecule has 0 radical (unpaired) electrons. The fraction of sp³-hybridized carbons (Fsp3) is 0.480. The zero-order valence-corrected chi connectivity index (χ0v) is 21.3. The van der Waals surface area contributed by atoms with Gasteiger partial charge in [-0.15, -0.1) is 0 Å². The smallest absolute Gasteiger partial charge is 0.232 e. The van der Waals surface area contributed by atoms with Crippen LogP contribution in [-0.4, -0.2) is 33.6 Å². The maximum Gasteiger partial charge on any atom is 0.232 e. The summed E-state index contributed by atoms with van der Waals surface area (Å²) in [7, 11) is -3.89. The van der Waals surface area contributed by atoms with Gasteiger partial charge in [-0.1, -0.05) is 38.4 Å². The van der Waals surface area contributed by atoms with Gasteiger partial charge in [0.15, 0.2) is 9.84 Å². The first kappa shape index (κ1) is 25.7. The summed E-state index contributed by atoms with van der Waals surface area (Å²) in [6, 6.07) is 10.1. The fourth-order valence-corrected chi connectivity index (χ4v) is 6.44. The van der Waals surface area contributed by atoms with Crippen molar-refractivity contribution >= 4 is 33.0 Å². The van der Waals surface area contributed by atoms with Crippen LogP contribution in [-0.2, 0) is 24.1 Å². The summed E-state index contributed by atoms with van der Waals surface area (Å²) in [6.45, 7) is 9.49. The second-order valence-electron chi connectivity index (χ2n) is 9.75. The van der Waals surface area contributed by atoms with Crippen molar-refractivity contribution in [3.63, 3.8) is 0 Å². The number of rotatable bonds is 5. The van der Waals surface area contributed by atoms with E-state index < -0.39 is 25.8 Å². The first-order chi connectivity index (χ1) is 15.3. The van der Waals surface area contributed by atoms with Gasteiger partial charge < -0.3 is 9.64 Å². The summed E-state index contributed by atoms with van der Waals surface area (Å²) in [5, 5.41) is 0.433. The monoisotopic (exact) mass is 495 g/mol. The van der Waals surface area contributed by atoms with Crippen molar-refractivity contribution in [2.45, 2.75) is 63.1 Å². The summed E-state index contributed by atoms with van der Waals surface area (Å²) >= 11 is 5.95. The summed E-state index contributed by atoms with van der Waals surface area (Å²) in [6.07, 6.45) is 0.400. The zero-order valence-electron chi connectivity index (χ0n) is 19.7. The van der Waals surface area contributed by atoms with E-state index in [2.05, 4.69) is 0 Å². The maximum absolute atomic E-state index is 15.5. The highest BCUT2D eigenvalue weighted by Gasteiger charge is 2.48. The third-order valence-corrected chi connectivity index (χ3v) is 8.87. The molecule has 3 rings (SSSR count). The Morgan fingerprint density at radius 3 is 2.15 bits per heavy atom. The Morgan fingerprint density at radius 2 is 1.67 bits per heavy atom. The summed E-state index contributed by atoms with van der Waals surface area (Å²) in [4.78, 5) is 14.6. The average Bonchev–Trinajstić information content (AvgIpc) is 2.74. The summed E-state index contributed by atoms with van der Waals surface area (Å²) in [5.74, 6) is -0.838. The van der Waals surface area contributed by atoms with Crippen LogP contribution in [0.5, 0.6) is 0 Å². The molecule has 2 aromatic rings. The normalized spacial score (nSPS) is 16.6. The molecular formula is C25H31ClFNO4S. The Balaban J connectivity index is 2.13. The Labute approximate surface area is 200 Å². The van der Waals surface area contributed by atoms with E-state index in [0.29, 0.717) is 10.6 Å². The first-order valence-corrected chi connectivity index (χ1v) is 12.9. The second kappa shape index (κ2) is 9.35. The molecule has 0 aromatic heterocycles. The van der Waals surface area contributed by atoms with E-state index in [9.17, 15) is 13.2 Å². The number of benzene rings is 2. The van der Waals surface area contributed by atoms with Crippen LogP contribution in [0, 0.1) is 11.2 Å². The van der Waals surface area contributed by atoms with Gasteiger partial charge in [0.05, 0.1) is 10.6 Å². The molecule has 0 N–H and O–H groups in total. The van der Waals surface area contributed by atoms with E-state index in [1.54, 1.807) is 26.8 Å². The maximum atomic E-state index is 15.5. The van der Waals surface area contributed by atoms with Crippen molar-refractivity contribution in [3.05, 3.63) is 58.9 Å². The number of anilines is 1. The highest BCUT2D eigenvalue weighted by atomic mass is 35.5. The molecular weight excluding hydrogens is 465 g/mol. The molecule has 2 aromatic carbocycles. The lowest BCUT2D eigenvalue weighted by Gasteiger charge is -2.38. The van der Waals surface area contributed by atoms with Crippen molar-refractivity contribution in [2.75, 3.05) is 18.1 Å². The second-order valence-corrected chi connectivity index (χ2v) is 12.4. The standard InChI is InChI=1S/C25H31ClFNO4S/c1-17(2)28(23(29)24(3,4)5)22-11-6-18(16-21(22)27)25(12-14-32-15-13-25)33(30,31)20-9-7-19(26)8-10-20/h6-11,16-17H,12-15H2,1-5H3. The summed E-state index contributed by atoms with van der Waals surface area (Å²) in [5.41, 5.74) is -0.205. The average molecular weight is 496 g/mol. The Bertz CT molecular complexity index is 1120.